The van der Waals surface area contributed by atoms with Crippen LogP contribution >= 0.6 is 10.0 Å². The summed E-state index contributed by atoms with van der Waals surface area (Å²) in [7, 11) is -1.90. The third-order valence-corrected chi connectivity index (χ3v) is 15.1. The fourth-order valence-electron chi connectivity index (χ4n) is 8.33. The van der Waals surface area contributed by atoms with Crippen molar-refractivity contribution in [1.82, 2.24) is 19.9 Å². The van der Waals surface area contributed by atoms with Gasteiger partial charge in [0.15, 0.2) is 69.8 Å². The molecule has 2 aliphatic rings. The van der Waals surface area contributed by atoms with Crippen molar-refractivity contribution in [2.75, 3.05) is 30.1 Å². The summed E-state index contributed by atoms with van der Waals surface area (Å²) in [5, 5.41) is 2.35. The van der Waals surface area contributed by atoms with Crippen LogP contribution in [0.4, 0.5) is 58.4 Å². The van der Waals surface area contributed by atoms with Gasteiger partial charge >= 0.3 is 0 Å². The summed E-state index contributed by atoms with van der Waals surface area (Å²) < 4.78 is 192. The molecule has 5 nitrogen and oxygen atoms in total. The molecule has 0 fully saturated rings. The summed E-state index contributed by atoms with van der Waals surface area (Å²) in [6, 6.07) is 3.02. The van der Waals surface area contributed by atoms with Crippen molar-refractivity contribution >= 4 is 49.9 Å². The minimum absolute atomic E-state index is 0.0593. The molecule has 0 atom stereocenters. The van der Waals surface area contributed by atoms with Crippen molar-refractivity contribution in [2.24, 2.45) is 0 Å². The van der Waals surface area contributed by atoms with E-state index in [2.05, 4.69) is 25.3 Å². The van der Waals surface area contributed by atoms with Gasteiger partial charge in [0.2, 0.25) is 0 Å². The van der Waals surface area contributed by atoms with E-state index in [1.54, 1.807) is 6.92 Å². The van der Waals surface area contributed by atoms with Crippen LogP contribution in [0.3, 0.4) is 0 Å². The van der Waals surface area contributed by atoms with E-state index in [0.29, 0.717) is 17.1 Å². The fraction of sp³-hybridized carbons (Fsp3) is 0.255. The summed E-state index contributed by atoms with van der Waals surface area (Å²) >= 11 is 0. The molecule has 0 unspecified atom stereocenters. The highest BCUT2D eigenvalue weighted by molar-refractivity contribution is 8.32. The average Bonchev–Trinajstić information content (AvgIpc) is 4.12. The number of benzene rings is 3. The fourth-order valence-corrected chi connectivity index (χ4v) is 9.79. The molecule has 65 heavy (non-hydrogen) atoms. The molecule has 0 radical (unpaired) electrons. The average molecular weight is 934 g/mol. The third-order valence-electron chi connectivity index (χ3n) is 12.1. The lowest BCUT2D eigenvalue weighted by atomic mass is 9.96. The predicted octanol–water partition coefficient (Wildman–Crippen LogP) is 14.1. The number of halogens is 12. The van der Waals surface area contributed by atoms with Crippen molar-refractivity contribution in [1.29, 1.82) is 0 Å². The van der Waals surface area contributed by atoms with E-state index < -0.39 is 141 Å². The van der Waals surface area contributed by atoms with Gasteiger partial charge in [-0.2, -0.15) is 0 Å². The Balaban J connectivity index is 1.69. The first-order valence-electron chi connectivity index (χ1n) is 20.3. The van der Waals surface area contributed by atoms with Crippen molar-refractivity contribution in [3.8, 4) is 33.4 Å². The minimum Gasteiger partial charge on any atom is -0.380 e. The van der Waals surface area contributed by atoms with Crippen LogP contribution in [-0.4, -0.2) is 44.7 Å². The summed E-state index contributed by atoms with van der Waals surface area (Å²) in [6.07, 6.45) is 5.69. The van der Waals surface area contributed by atoms with Crippen LogP contribution in [0.15, 0.2) is 17.0 Å². The number of H-pyrrole nitrogens is 3. The highest BCUT2D eigenvalue weighted by atomic mass is 32.3. The summed E-state index contributed by atoms with van der Waals surface area (Å²) in [4.78, 5) is 14.1. The van der Waals surface area contributed by atoms with Crippen molar-refractivity contribution in [3.05, 3.63) is 121 Å². The van der Waals surface area contributed by atoms with Crippen LogP contribution in [0, 0.1) is 90.6 Å². The zero-order chi connectivity index (χ0) is 47.3. The molecule has 3 aromatic carbocycles. The molecule has 18 heteroatoms. The van der Waals surface area contributed by atoms with Gasteiger partial charge in [0.05, 0.1) is 44.6 Å². The molecule has 6 aromatic rings. The second-order valence-corrected chi connectivity index (χ2v) is 20.5. The Morgan fingerprint density at radius 3 is 1.48 bits per heavy atom. The number of aromatic amines is 3. The van der Waals surface area contributed by atoms with E-state index in [0.717, 1.165) is 26.0 Å². The Morgan fingerprint density at radius 2 is 0.969 bits per heavy atom. The van der Waals surface area contributed by atoms with Crippen LogP contribution in [0.5, 0.6) is 0 Å². The van der Waals surface area contributed by atoms with Gasteiger partial charge in [-0.05, 0) is 88.1 Å². The monoisotopic (exact) mass is 933 g/mol. The molecule has 2 aliphatic heterocycles. The first-order valence-corrected chi connectivity index (χ1v) is 22.9. The normalized spacial score (nSPS) is 13.1. The molecular formula is C47H39F12N5S. The molecule has 0 amide bonds. The molecule has 0 saturated heterocycles. The minimum atomic E-state index is -1.90. The van der Waals surface area contributed by atoms with Gasteiger partial charge in [0.25, 0.3) is 0 Å². The summed E-state index contributed by atoms with van der Waals surface area (Å²) in [6.45, 7) is 6.58. The van der Waals surface area contributed by atoms with Crippen molar-refractivity contribution in [2.45, 2.75) is 58.8 Å². The maximum Gasteiger partial charge on any atom is 0.185 e. The molecule has 342 valence electrons. The number of rotatable bonds is 8. The smallest absolute Gasteiger partial charge is 0.185 e. The number of hydrogen-bond acceptors (Lipinski definition) is 2. The summed E-state index contributed by atoms with van der Waals surface area (Å²) in [5.74, 6) is -21.1. The molecule has 4 N–H and O–H groups in total. The largest absolute Gasteiger partial charge is 0.380 e. The molecule has 0 aliphatic carbocycles. The molecule has 8 bridgehead atoms. The molecule has 3 aromatic heterocycles. The Hall–Kier alpha value is -6.04. The van der Waals surface area contributed by atoms with E-state index in [-0.39, 0.29) is 58.4 Å². The molecule has 5 heterocycles. The first-order chi connectivity index (χ1) is 30.7. The number of nitrogens with one attached hydrogen (secondary N) is 4. The van der Waals surface area contributed by atoms with E-state index in [1.165, 1.54) is 19.1 Å². The first kappa shape index (κ1) is 45.5. The Bertz CT molecular complexity index is 3150. The number of hydrogen-bond donors (Lipinski definition) is 4. The number of fused-ring (bicyclic) bond motifs is 9. The number of nitrogens with zero attached hydrogens (tertiary/aromatic N) is 1. The highest BCUT2D eigenvalue weighted by Crippen LogP contribution is 2.53. The number of aryl methyl sites for hydroxylation is 3. The molecule has 0 saturated carbocycles. The van der Waals surface area contributed by atoms with Gasteiger partial charge < -0.3 is 20.3 Å². The molecule has 8 rings (SSSR count). The van der Waals surface area contributed by atoms with Gasteiger partial charge in [-0.15, -0.1) is 0 Å². The zero-order valence-electron chi connectivity index (χ0n) is 35.7. The molecule has 0 spiro atoms. The van der Waals surface area contributed by atoms with Gasteiger partial charge in [0, 0.05) is 56.2 Å². The van der Waals surface area contributed by atoms with Gasteiger partial charge in [0.1, 0.15) is 5.69 Å². The van der Waals surface area contributed by atoms with E-state index in [9.17, 15) is 0 Å². The third kappa shape index (κ3) is 7.01. The zero-order valence-corrected chi connectivity index (χ0v) is 36.6. The van der Waals surface area contributed by atoms with Crippen molar-refractivity contribution in [3.63, 3.8) is 0 Å². The molecular weight excluding hydrogens is 895 g/mol. The van der Waals surface area contributed by atoms with Gasteiger partial charge in [-0.25, -0.2) is 67.7 Å². The summed E-state index contributed by atoms with van der Waals surface area (Å²) in [5.41, 5.74) is -9.49. The quantitative estimate of drug-likeness (QED) is 0.0906. The lowest BCUT2D eigenvalue weighted by molar-refractivity contribution is 0.449. The maximum atomic E-state index is 16.5. The standard InChI is InChI=1S/C47H39F12N5S/c1-8-14-60-47-43(58)41(56)32(42(57)44(47)59)29-23-13-12-21(62-23)27(30-37(52)33(48)18(4)34(49)38(30)53)20-10-11-22(61-20)28(31-39(54)35(50)19(5)36(51)40(31)55)24-16-26(65(6,7)9-2)46(63-24)25-15-17(3)45(29)64-25/h12-13,15-16,60-61,63-64H,8-11,14H2,1-7H3. The second-order valence-electron chi connectivity index (χ2n) is 16.4. The SMILES string of the molecule is CCCNc1c(F)c(F)c(-c2c3nc(c(-c4c(F)c(F)c(C)c(F)c4F)c4[nH]c(c(-c5c(F)c(F)c(C)c(F)c5F)c5cc(S(C)(C)CC)c([nH]5)c5cc(C)c2[nH]5)CC4)C=C3)c(F)c1F. The van der Waals surface area contributed by atoms with Crippen LogP contribution in [0.2, 0.25) is 0 Å². The Kier molecular flexibility index (Phi) is 11.5. The van der Waals surface area contributed by atoms with Gasteiger partial charge in [-0.1, -0.05) is 13.8 Å². The van der Waals surface area contributed by atoms with E-state index in [1.807, 2.05) is 19.4 Å². The Morgan fingerprint density at radius 1 is 0.523 bits per heavy atom. The van der Waals surface area contributed by atoms with E-state index in [4.69, 9.17) is 0 Å². The maximum absolute atomic E-state index is 16.5. The highest BCUT2D eigenvalue weighted by Gasteiger charge is 2.34. The van der Waals surface area contributed by atoms with Crippen LogP contribution in [0.1, 0.15) is 59.7 Å². The van der Waals surface area contributed by atoms with E-state index >= 15 is 52.7 Å². The predicted molar refractivity (Wildman–Crippen MR) is 231 cm³/mol. The van der Waals surface area contributed by atoms with Crippen LogP contribution < -0.4 is 5.32 Å². The topological polar surface area (TPSA) is 72.3 Å². The lowest BCUT2D eigenvalue weighted by Gasteiger charge is -2.29. The van der Waals surface area contributed by atoms with Gasteiger partial charge in [-0.3, -0.25) is 0 Å². The number of aromatic nitrogens is 4. The van der Waals surface area contributed by atoms with Crippen molar-refractivity contribution < 1.29 is 52.7 Å². The lowest BCUT2D eigenvalue weighted by Crippen LogP contribution is -2.10. The van der Waals surface area contributed by atoms with Crippen LogP contribution in [-0.2, 0) is 12.8 Å². The number of anilines is 1. The van der Waals surface area contributed by atoms with Crippen LogP contribution in [0.25, 0.3) is 67.6 Å². The second kappa shape index (κ2) is 16.4. The Labute approximate surface area is 365 Å².